The maximum absolute atomic E-state index is 12.9. The lowest BCUT2D eigenvalue weighted by Crippen LogP contribution is -2.50. The number of methoxy groups -OCH3 is 2. The van der Waals surface area contributed by atoms with Gasteiger partial charge in [0.15, 0.2) is 0 Å². The third-order valence-corrected chi connectivity index (χ3v) is 13.1. The first-order chi connectivity index (χ1) is 23.7. The number of nitrogens with zero attached hydrogens (tertiary/aromatic N) is 3. The fraction of sp³-hybridized carbons (Fsp3) is 0.500. The lowest BCUT2D eigenvalue weighted by atomic mass is 9.66. The monoisotopic (exact) mass is 705 g/mol. The summed E-state index contributed by atoms with van der Waals surface area (Å²) in [6.45, 7) is 2.13. The van der Waals surface area contributed by atoms with Crippen LogP contribution in [0.4, 0.5) is 5.69 Å². The summed E-state index contributed by atoms with van der Waals surface area (Å²) in [7, 11) is -0.343. The van der Waals surface area contributed by atoms with E-state index >= 15 is 0 Å². The minimum Gasteiger partial charge on any atom is -0.490 e. The van der Waals surface area contributed by atoms with Crippen molar-refractivity contribution in [2.45, 2.75) is 68.0 Å². The van der Waals surface area contributed by atoms with Crippen molar-refractivity contribution in [1.29, 1.82) is 0 Å². The first-order valence-corrected chi connectivity index (χ1v) is 19.3. The Bertz CT molecular complexity index is 1840. The number of allylic oxidation sites excluding steroid dienone is 1. The smallest absolute Gasteiger partial charge is 0.337 e. The Kier molecular flexibility index (Phi) is 9.74. The zero-order valence-corrected chi connectivity index (χ0v) is 29.7. The summed E-state index contributed by atoms with van der Waals surface area (Å²) in [5, 5.41) is 0.657. The molecule has 3 aliphatic carbocycles. The molecule has 3 aromatic rings. The molecule has 9 nitrogen and oxygen atoms in total. The average molecular weight is 706 g/mol. The molecule has 49 heavy (non-hydrogen) atoms. The molecule has 4 aliphatic rings. The van der Waals surface area contributed by atoms with Crippen LogP contribution in [0.15, 0.2) is 71.7 Å². The quantitative estimate of drug-likeness (QED) is 0.138. The maximum atomic E-state index is 12.9. The number of aromatic nitrogens is 2. The highest BCUT2D eigenvalue weighted by molar-refractivity contribution is 7.91. The van der Waals surface area contributed by atoms with Crippen LogP contribution in [-0.2, 0) is 31.1 Å². The maximum Gasteiger partial charge on any atom is 0.337 e. The summed E-state index contributed by atoms with van der Waals surface area (Å²) in [5.41, 5.74) is 5.07. The van der Waals surface area contributed by atoms with Gasteiger partial charge in [0.05, 0.1) is 36.8 Å². The number of benzene rings is 2. The molecule has 0 amide bonds. The van der Waals surface area contributed by atoms with Crippen molar-refractivity contribution in [3.05, 3.63) is 88.2 Å². The zero-order valence-electron chi connectivity index (χ0n) is 28.1. The topological polar surface area (TPSA) is 108 Å². The van der Waals surface area contributed by atoms with Gasteiger partial charge in [-0.05, 0) is 122 Å². The van der Waals surface area contributed by atoms with Gasteiger partial charge in [0.1, 0.15) is 5.75 Å². The number of fused-ring (bicyclic) bond motifs is 3. The summed E-state index contributed by atoms with van der Waals surface area (Å²) < 4.78 is 43.8. The van der Waals surface area contributed by atoms with Gasteiger partial charge in [-0.1, -0.05) is 23.7 Å². The SMILES string of the molecule is COC(=O)c1ccc2c(c1)N(C[C@@H]1CC[C@H]1C(OC)C1=CC[C@H](CS(=O)(=O)c3ncccn3)CC1)C[C@@]1(CCCc3cc(Cl)ccc31)CO2. The number of hydrogen-bond donors (Lipinski definition) is 0. The van der Waals surface area contributed by atoms with Crippen molar-refractivity contribution in [2.75, 3.05) is 44.6 Å². The summed E-state index contributed by atoms with van der Waals surface area (Å²) >= 11 is 6.45. The molecule has 1 saturated carbocycles. The summed E-state index contributed by atoms with van der Waals surface area (Å²) in [4.78, 5) is 23.0. The van der Waals surface area contributed by atoms with Gasteiger partial charge in [0.25, 0.3) is 0 Å². The fourth-order valence-electron chi connectivity index (χ4n) is 8.61. The van der Waals surface area contributed by atoms with Crippen LogP contribution in [0.5, 0.6) is 5.75 Å². The summed E-state index contributed by atoms with van der Waals surface area (Å²) in [6.07, 6.45) is 12.6. The predicted molar refractivity (Wildman–Crippen MR) is 188 cm³/mol. The molecule has 1 aromatic heterocycles. The molecule has 1 spiro atoms. The summed E-state index contributed by atoms with van der Waals surface area (Å²) in [6, 6.07) is 13.5. The molecule has 0 bridgehead atoms. The van der Waals surface area contributed by atoms with Gasteiger partial charge in [0, 0.05) is 43.0 Å². The van der Waals surface area contributed by atoms with E-state index in [0.717, 1.165) is 74.5 Å². The number of halogens is 1. The van der Waals surface area contributed by atoms with E-state index in [9.17, 15) is 13.2 Å². The van der Waals surface area contributed by atoms with Gasteiger partial charge in [-0.15, -0.1) is 0 Å². The molecule has 1 unspecified atom stereocenters. The molecule has 0 radical (unpaired) electrons. The van der Waals surface area contributed by atoms with Crippen molar-refractivity contribution < 1.29 is 27.4 Å². The zero-order chi connectivity index (χ0) is 34.2. The number of carbonyl (C=O) groups excluding carboxylic acids is 1. The van der Waals surface area contributed by atoms with E-state index in [0.29, 0.717) is 30.4 Å². The highest BCUT2D eigenvalue weighted by atomic mass is 35.5. The number of rotatable bonds is 9. The Balaban J connectivity index is 1.12. The second-order valence-electron chi connectivity index (χ2n) is 14.2. The van der Waals surface area contributed by atoms with Crippen LogP contribution in [0.2, 0.25) is 5.02 Å². The van der Waals surface area contributed by atoms with Crippen molar-refractivity contribution in [2.24, 2.45) is 17.8 Å². The van der Waals surface area contributed by atoms with Gasteiger partial charge in [-0.2, -0.15) is 0 Å². The number of esters is 1. The Morgan fingerprint density at radius 3 is 2.65 bits per heavy atom. The first kappa shape index (κ1) is 34.0. The van der Waals surface area contributed by atoms with E-state index in [1.807, 2.05) is 18.2 Å². The molecule has 11 heteroatoms. The second-order valence-corrected chi connectivity index (χ2v) is 16.5. The minimum absolute atomic E-state index is 0.0225. The molecular weight excluding hydrogens is 662 g/mol. The van der Waals surface area contributed by atoms with Crippen LogP contribution >= 0.6 is 11.6 Å². The predicted octanol–water partition coefficient (Wildman–Crippen LogP) is 6.63. The van der Waals surface area contributed by atoms with Gasteiger partial charge >= 0.3 is 5.97 Å². The van der Waals surface area contributed by atoms with Gasteiger partial charge < -0.3 is 19.1 Å². The standard InChI is InChI=1S/C38H44ClN3O6S/c1-46-35(26-8-6-25(7-9-26)22-49(44,45)37-40-17-4-18-41-37)31-13-10-29(31)21-42-23-38(16-3-5-27-19-30(39)12-14-32(27)38)24-48-34-15-11-28(20-33(34)42)36(43)47-2/h4,8,11-12,14-15,17-20,25,29,31,35H,3,5-7,9-10,13,16,21-24H2,1-2H3/t25-,29-,31+,35?,38-/m0/s1. The highest BCUT2D eigenvalue weighted by Gasteiger charge is 2.45. The van der Waals surface area contributed by atoms with E-state index in [2.05, 4.69) is 33.1 Å². The Hall–Kier alpha value is -3.47. The largest absolute Gasteiger partial charge is 0.490 e. The number of hydrogen-bond acceptors (Lipinski definition) is 9. The Morgan fingerprint density at radius 1 is 1.10 bits per heavy atom. The van der Waals surface area contributed by atoms with E-state index in [-0.39, 0.29) is 34.3 Å². The van der Waals surface area contributed by atoms with E-state index in [1.165, 1.54) is 36.2 Å². The number of ether oxygens (including phenoxy) is 3. The van der Waals surface area contributed by atoms with Crippen molar-refractivity contribution in [3.63, 3.8) is 0 Å². The summed E-state index contributed by atoms with van der Waals surface area (Å²) in [5.74, 6) is 1.19. The fourth-order valence-corrected chi connectivity index (χ4v) is 10.3. The molecule has 1 aliphatic heterocycles. The number of carbonyl (C=O) groups is 1. The molecule has 5 atom stereocenters. The van der Waals surface area contributed by atoms with Crippen LogP contribution in [0.1, 0.15) is 66.4 Å². The molecule has 260 valence electrons. The van der Waals surface area contributed by atoms with Crippen LogP contribution in [-0.4, -0.2) is 70.1 Å². The highest BCUT2D eigenvalue weighted by Crippen LogP contribution is 2.48. The lowest BCUT2D eigenvalue weighted by molar-refractivity contribution is 0.00323. The number of sulfone groups is 1. The van der Waals surface area contributed by atoms with Gasteiger partial charge in [-0.3, -0.25) is 0 Å². The molecule has 0 N–H and O–H groups in total. The van der Waals surface area contributed by atoms with Crippen LogP contribution in [0.3, 0.4) is 0 Å². The molecular formula is C38H44ClN3O6S. The van der Waals surface area contributed by atoms with Crippen LogP contribution < -0.4 is 9.64 Å². The second kappa shape index (κ2) is 14.0. The van der Waals surface area contributed by atoms with E-state index in [1.54, 1.807) is 19.2 Å². The number of anilines is 1. The molecule has 0 saturated heterocycles. The molecule has 7 rings (SSSR count). The normalized spacial score (nSPS) is 25.6. The average Bonchev–Trinajstić information content (AvgIpc) is 3.26. The van der Waals surface area contributed by atoms with Crippen LogP contribution in [0, 0.1) is 17.8 Å². The van der Waals surface area contributed by atoms with E-state index < -0.39 is 9.84 Å². The van der Waals surface area contributed by atoms with Crippen molar-refractivity contribution in [3.8, 4) is 5.75 Å². The van der Waals surface area contributed by atoms with Gasteiger partial charge in [-0.25, -0.2) is 23.2 Å². The third kappa shape index (κ3) is 6.84. The third-order valence-electron chi connectivity index (χ3n) is 11.2. The minimum atomic E-state index is -3.54. The Morgan fingerprint density at radius 2 is 1.94 bits per heavy atom. The molecule has 2 heterocycles. The van der Waals surface area contributed by atoms with Crippen molar-refractivity contribution in [1.82, 2.24) is 9.97 Å². The van der Waals surface area contributed by atoms with Crippen LogP contribution in [0.25, 0.3) is 0 Å². The number of aryl methyl sites for hydroxylation is 1. The molecule has 2 aromatic carbocycles. The lowest BCUT2D eigenvalue weighted by Gasteiger charge is -2.47. The van der Waals surface area contributed by atoms with E-state index in [4.69, 9.17) is 25.8 Å². The van der Waals surface area contributed by atoms with Crippen molar-refractivity contribution >= 4 is 33.1 Å². The van der Waals surface area contributed by atoms with Gasteiger partial charge in [0.2, 0.25) is 15.0 Å². The Labute approximate surface area is 293 Å². The first-order valence-electron chi connectivity index (χ1n) is 17.3. The molecule has 1 fully saturated rings.